The molecule has 0 radical (unpaired) electrons. The van der Waals surface area contributed by atoms with Gasteiger partial charge in [-0.25, -0.2) is 0 Å². The molecule has 3 aromatic rings. The molecule has 0 fully saturated rings. The highest BCUT2D eigenvalue weighted by Gasteiger charge is 2.30. The van der Waals surface area contributed by atoms with Crippen LogP contribution in [0, 0.1) is 0 Å². The van der Waals surface area contributed by atoms with E-state index in [1.807, 2.05) is 85.8 Å². The predicted molar refractivity (Wildman–Crippen MR) is 143 cm³/mol. The van der Waals surface area contributed by atoms with Gasteiger partial charge in [-0.15, -0.1) is 0 Å². The summed E-state index contributed by atoms with van der Waals surface area (Å²) in [6.45, 7) is 6.69. The monoisotopic (exact) mass is 536 g/mol. The average molecular weight is 537 g/mol. The number of carbonyl (C=O) groups excluding carboxylic acids is 2. The fraction of sp³-hybridized carbons (Fsp3) is 0.310. The van der Waals surface area contributed by atoms with Crippen molar-refractivity contribution in [1.29, 1.82) is 0 Å². The second-order valence-electron chi connectivity index (χ2n) is 8.73. The normalized spacial score (nSPS) is 11.7. The second-order valence-corrected chi connectivity index (χ2v) is 9.65. The number of hydrogen-bond acceptors (Lipinski definition) is 3. The van der Waals surface area contributed by atoms with Gasteiger partial charge in [0.05, 0.1) is 0 Å². The number of halogens is 1. The van der Waals surface area contributed by atoms with E-state index in [2.05, 4.69) is 35.1 Å². The quantitative estimate of drug-likeness (QED) is 0.340. The Bertz CT molecular complexity index is 1120. The Hall–Kier alpha value is -3.12. The molecule has 3 aromatic carbocycles. The molecule has 184 valence electrons. The molecule has 3 rings (SSSR count). The fourth-order valence-electron chi connectivity index (χ4n) is 3.99. The number of nitrogens with zero attached hydrogens (tertiary/aromatic N) is 1. The zero-order chi connectivity index (χ0) is 25.2. The summed E-state index contributed by atoms with van der Waals surface area (Å²) >= 11 is 3.51. The van der Waals surface area contributed by atoms with Crippen LogP contribution in [0.25, 0.3) is 0 Å². The van der Waals surface area contributed by atoms with Crippen LogP contribution in [0.3, 0.4) is 0 Å². The molecule has 0 bridgehead atoms. The minimum atomic E-state index is -0.673. The Morgan fingerprint density at radius 2 is 1.63 bits per heavy atom. The molecule has 0 aliphatic carbocycles. The van der Waals surface area contributed by atoms with Crippen molar-refractivity contribution in [2.24, 2.45) is 0 Å². The number of carbonyl (C=O) groups is 2. The number of amides is 2. The van der Waals surface area contributed by atoms with E-state index in [0.717, 1.165) is 21.2 Å². The first-order valence-corrected chi connectivity index (χ1v) is 12.8. The number of hydrogen-bond donors (Lipinski definition) is 1. The Kier molecular flexibility index (Phi) is 9.91. The number of rotatable bonds is 11. The first-order chi connectivity index (χ1) is 16.9. The minimum Gasteiger partial charge on any atom is -0.483 e. The van der Waals surface area contributed by atoms with E-state index in [4.69, 9.17) is 4.74 Å². The summed E-state index contributed by atoms with van der Waals surface area (Å²) in [6.07, 6.45) is 0.412. The molecule has 6 heteroatoms. The van der Waals surface area contributed by atoms with Gasteiger partial charge in [0.2, 0.25) is 5.91 Å². The molecule has 2 amide bonds. The standard InChI is InChI=1S/C29H33BrN2O3/c1-4-31-29(34)26(18-22-11-6-5-7-12-22)32(19-23-13-10-14-24(30)17-23)28(33)20-35-27-16-9-8-15-25(27)21(2)3/h5-17,21,26H,4,18-20H2,1-3H3,(H,31,34)/t26-/m0/s1. The number of para-hydroxylation sites is 1. The van der Waals surface area contributed by atoms with E-state index >= 15 is 0 Å². The van der Waals surface area contributed by atoms with E-state index in [0.29, 0.717) is 25.3 Å². The van der Waals surface area contributed by atoms with E-state index in [1.165, 1.54) is 0 Å². The van der Waals surface area contributed by atoms with Crippen LogP contribution >= 0.6 is 15.9 Å². The topological polar surface area (TPSA) is 58.6 Å². The molecule has 0 saturated heterocycles. The van der Waals surface area contributed by atoms with Gasteiger partial charge in [-0.2, -0.15) is 0 Å². The third-order valence-electron chi connectivity index (χ3n) is 5.76. The molecule has 0 spiro atoms. The van der Waals surface area contributed by atoms with Crippen LogP contribution in [-0.4, -0.2) is 35.9 Å². The van der Waals surface area contributed by atoms with Crippen LogP contribution in [0.2, 0.25) is 0 Å². The smallest absolute Gasteiger partial charge is 0.261 e. The molecule has 5 nitrogen and oxygen atoms in total. The molecule has 0 saturated carbocycles. The van der Waals surface area contributed by atoms with Crippen LogP contribution in [0.5, 0.6) is 5.75 Å². The van der Waals surface area contributed by atoms with Crippen LogP contribution in [0.4, 0.5) is 0 Å². The zero-order valence-corrected chi connectivity index (χ0v) is 22.1. The summed E-state index contributed by atoms with van der Waals surface area (Å²) < 4.78 is 6.93. The lowest BCUT2D eigenvalue weighted by atomic mass is 10.0. The average Bonchev–Trinajstić information content (AvgIpc) is 2.85. The maximum Gasteiger partial charge on any atom is 0.261 e. The Morgan fingerprint density at radius 1 is 0.943 bits per heavy atom. The van der Waals surface area contributed by atoms with Gasteiger partial charge in [-0.1, -0.05) is 90.4 Å². The Balaban J connectivity index is 1.91. The molecule has 0 unspecified atom stereocenters. The van der Waals surface area contributed by atoms with E-state index in [-0.39, 0.29) is 24.3 Å². The highest BCUT2D eigenvalue weighted by atomic mass is 79.9. The van der Waals surface area contributed by atoms with Crippen LogP contribution < -0.4 is 10.1 Å². The Morgan fingerprint density at radius 3 is 2.31 bits per heavy atom. The highest BCUT2D eigenvalue weighted by Crippen LogP contribution is 2.26. The van der Waals surface area contributed by atoms with Gasteiger partial charge in [0.25, 0.3) is 5.91 Å². The largest absolute Gasteiger partial charge is 0.483 e. The summed E-state index contributed by atoms with van der Waals surface area (Å²) in [5.41, 5.74) is 2.96. The predicted octanol–water partition coefficient (Wildman–Crippen LogP) is 5.73. The van der Waals surface area contributed by atoms with E-state index < -0.39 is 6.04 Å². The van der Waals surface area contributed by atoms with Gasteiger partial charge in [0.1, 0.15) is 11.8 Å². The lowest BCUT2D eigenvalue weighted by molar-refractivity contribution is -0.142. The maximum absolute atomic E-state index is 13.6. The molecule has 0 heterocycles. The van der Waals surface area contributed by atoms with Gasteiger partial charge in [-0.05, 0) is 47.7 Å². The molecule has 0 aliphatic rings. The summed E-state index contributed by atoms with van der Waals surface area (Å²) in [7, 11) is 0. The van der Waals surface area contributed by atoms with E-state index in [9.17, 15) is 9.59 Å². The zero-order valence-electron chi connectivity index (χ0n) is 20.5. The van der Waals surface area contributed by atoms with Gasteiger partial charge < -0.3 is 15.0 Å². The van der Waals surface area contributed by atoms with Gasteiger partial charge in [0, 0.05) is 24.0 Å². The molecule has 35 heavy (non-hydrogen) atoms. The maximum atomic E-state index is 13.6. The highest BCUT2D eigenvalue weighted by molar-refractivity contribution is 9.10. The number of ether oxygens (including phenoxy) is 1. The molecule has 1 N–H and O–H groups in total. The van der Waals surface area contributed by atoms with Crippen molar-refractivity contribution in [3.8, 4) is 5.75 Å². The van der Waals surface area contributed by atoms with Gasteiger partial charge in [0.15, 0.2) is 6.61 Å². The summed E-state index contributed by atoms with van der Waals surface area (Å²) in [4.78, 5) is 28.5. The molecule has 1 atom stereocenters. The van der Waals surface area contributed by atoms with Crippen LogP contribution in [0.1, 0.15) is 43.4 Å². The van der Waals surface area contributed by atoms with Crippen molar-refractivity contribution in [3.63, 3.8) is 0 Å². The van der Waals surface area contributed by atoms with Crippen molar-refractivity contribution < 1.29 is 14.3 Å². The molecule has 0 aromatic heterocycles. The van der Waals surface area contributed by atoms with E-state index in [1.54, 1.807) is 4.90 Å². The summed E-state index contributed by atoms with van der Waals surface area (Å²) in [6, 6.07) is 24.6. The van der Waals surface area contributed by atoms with Crippen molar-refractivity contribution in [2.45, 2.75) is 45.7 Å². The lowest BCUT2D eigenvalue weighted by Crippen LogP contribution is -2.51. The lowest BCUT2D eigenvalue weighted by Gasteiger charge is -2.31. The number of benzene rings is 3. The molecular weight excluding hydrogens is 504 g/mol. The van der Waals surface area contributed by atoms with Gasteiger partial charge >= 0.3 is 0 Å². The number of nitrogens with one attached hydrogen (secondary N) is 1. The van der Waals surface area contributed by atoms with Crippen molar-refractivity contribution in [1.82, 2.24) is 10.2 Å². The molecular formula is C29H33BrN2O3. The fourth-order valence-corrected chi connectivity index (χ4v) is 4.44. The SMILES string of the molecule is CCNC(=O)[C@H](Cc1ccccc1)N(Cc1cccc(Br)c1)C(=O)COc1ccccc1C(C)C. The summed E-state index contributed by atoms with van der Waals surface area (Å²) in [5.74, 6) is 0.536. The van der Waals surface area contributed by atoms with Crippen molar-refractivity contribution in [3.05, 3.63) is 100 Å². The second kappa shape index (κ2) is 13.1. The Labute approximate surface area is 216 Å². The van der Waals surface area contributed by atoms with Gasteiger partial charge in [-0.3, -0.25) is 9.59 Å². The third kappa shape index (κ3) is 7.69. The first kappa shape index (κ1) is 26.5. The summed E-state index contributed by atoms with van der Waals surface area (Å²) in [5, 5.41) is 2.91. The van der Waals surface area contributed by atoms with Crippen molar-refractivity contribution in [2.75, 3.05) is 13.2 Å². The third-order valence-corrected chi connectivity index (χ3v) is 6.25. The van der Waals surface area contributed by atoms with Crippen molar-refractivity contribution >= 4 is 27.7 Å². The van der Waals surface area contributed by atoms with Crippen LogP contribution in [-0.2, 0) is 22.6 Å². The minimum absolute atomic E-state index is 0.150. The first-order valence-electron chi connectivity index (χ1n) is 12.0. The molecule has 0 aliphatic heterocycles. The number of likely N-dealkylation sites (N-methyl/N-ethyl adjacent to an activating group) is 1. The van der Waals surface area contributed by atoms with Crippen LogP contribution in [0.15, 0.2) is 83.3 Å².